The third-order valence-electron chi connectivity index (χ3n) is 3.96. The van der Waals surface area contributed by atoms with E-state index in [1.807, 2.05) is 40.1 Å². The number of carbonyl (C=O) groups is 1. The van der Waals surface area contributed by atoms with Gasteiger partial charge in [-0.15, -0.1) is 6.42 Å². The summed E-state index contributed by atoms with van der Waals surface area (Å²) in [7, 11) is 4.01. The van der Waals surface area contributed by atoms with Gasteiger partial charge in [0.25, 0.3) is 0 Å². The molecule has 0 atom stereocenters. The van der Waals surface area contributed by atoms with Crippen LogP contribution in [0.15, 0.2) is 24.3 Å². The molecular formula is C21H24N2O3. The van der Waals surface area contributed by atoms with E-state index in [4.69, 9.17) is 11.2 Å². The lowest BCUT2D eigenvalue weighted by Crippen LogP contribution is -2.16. The molecule has 0 aliphatic heterocycles. The van der Waals surface area contributed by atoms with E-state index in [1.165, 1.54) is 6.07 Å². The topological polar surface area (TPSA) is 62.7 Å². The van der Waals surface area contributed by atoms with Crippen molar-refractivity contribution in [3.63, 3.8) is 0 Å². The summed E-state index contributed by atoms with van der Waals surface area (Å²) < 4.78 is 5.91. The lowest BCUT2D eigenvalue weighted by atomic mass is 9.96. The van der Waals surface area contributed by atoms with Gasteiger partial charge in [0.1, 0.15) is 17.1 Å². The second kappa shape index (κ2) is 8.50. The molecule has 26 heavy (non-hydrogen) atoms. The third-order valence-corrected chi connectivity index (χ3v) is 3.96. The molecule has 2 aromatic rings. The highest BCUT2D eigenvalue weighted by Crippen LogP contribution is 2.33. The molecule has 136 valence electrons. The second-order valence-corrected chi connectivity index (χ2v) is 6.50. The van der Waals surface area contributed by atoms with E-state index in [2.05, 4.69) is 15.8 Å². The third kappa shape index (κ3) is 4.62. The van der Waals surface area contributed by atoms with Crippen molar-refractivity contribution in [2.45, 2.75) is 20.3 Å². The number of aryl methyl sites for hydroxylation is 2. The van der Waals surface area contributed by atoms with E-state index >= 15 is 0 Å². The molecule has 0 radical (unpaired) electrons. The van der Waals surface area contributed by atoms with Crippen LogP contribution in [0.2, 0.25) is 0 Å². The fraction of sp³-hybridized carbons (Fsp3) is 0.333. The minimum atomic E-state index is -1.09. The molecular weight excluding hydrogens is 328 g/mol. The summed E-state index contributed by atoms with van der Waals surface area (Å²) >= 11 is 0. The van der Waals surface area contributed by atoms with Gasteiger partial charge in [-0.2, -0.15) is 0 Å². The van der Waals surface area contributed by atoms with Crippen LogP contribution >= 0.6 is 0 Å². The molecule has 0 aliphatic carbocycles. The van der Waals surface area contributed by atoms with Crippen molar-refractivity contribution in [2.24, 2.45) is 0 Å². The highest BCUT2D eigenvalue weighted by atomic mass is 16.5. The lowest BCUT2D eigenvalue weighted by molar-refractivity contribution is 0.0690. The zero-order chi connectivity index (χ0) is 19.3. The summed E-state index contributed by atoms with van der Waals surface area (Å²) in [6.45, 7) is 5.31. The summed E-state index contributed by atoms with van der Waals surface area (Å²) in [5, 5.41) is 9.31. The van der Waals surface area contributed by atoms with Crippen LogP contribution in [0.1, 0.15) is 33.6 Å². The second-order valence-electron chi connectivity index (χ2n) is 6.50. The highest BCUT2D eigenvalue weighted by molar-refractivity contribution is 5.87. The van der Waals surface area contributed by atoms with Crippen LogP contribution in [0.5, 0.6) is 5.75 Å². The Hall–Kier alpha value is -2.84. The number of terminal acetylenes is 1. The van der Waals surface area contributed by atoms with E-state index in [1.54, 1.807) is 6.07 Å². The monoisotopic (exact) mass is 352 g/mol. The highest BCUT2D eigenvalue weighted by Gasteiger charge is 2.17. The van der Waals surface area contributed by atoms with E-state index in [0.29, 0.717) is 23.6 Å². The molecule has 0 saturated heterocycles. The van der Waals surface area contributed by atoms with Crippen molar-refractivity contribution in [1.29, 1.82) is 0 Å². The normalized spacial score (nSPS) is 10.6. The molecule has 1 aromatic heterocycles. The summed E-state index contributed by atoms with van der Waals surface area (Å²) in [4.78, 5) is 17.8. The first-order chi connectivity index (χ1) is 12.3. The minimum absolute atomic E-state index is 0.0391. The molecule has 0 aliphatic rings. The van der Waals surface area contributed by atoms with E-state index in [0.717, 1.165) is 29.7 Å². The van der Waals surface area contributed by atoms with Gasteiger partial charge < -0.3 is 14.7 Å². The molecule has 0 amide bonds. The maximum atomic E-state index is 11.4. The van der Waals surface area contributed by atoms with Gasteiger partial charge in [-0.1, -0.05) is 17.6 Å². The first-order valence-electron chi connectivity index (χ1n) is 8.43. The number of hydrogen-bond acceptors (Lipinski definition) is 4. The van der Waals surface area contributed by atoms with Gasteiger partial charge in [-0.25, -0.2) is 9.78 Å². The number of benzene rings is 1. The van der Waals surface area contributed by atoms with Gasteiger partial charge in [0.2, 0.25) is 0 Å². The zero-order valence-electron chi connectivity index (χ0n) is 15.7. The molecule has 0 saturated carbocycles. The van der Waals surface area contributed by atoms with Gasteiger partial charge >= 0.3 is 5.97 Å². The number of ether oxygens (including phenoxy) is 1. The summed E-state index contributed by atoms with van der Waals surface area (Å²) in [6, 6.07) is 7.02. The maximum absolute atomic E-state index is 11.4. The molecule has 1 heterocycles. The smallest absolute Gasteiger partial charge is 0.354 e. The Bertz CT molecular complexity index is 851. The number of carboxylic acid groups (broad SMARTS) is 1. The van der Waals surface area contributed by atoms with Gasteiger partial charge in [-0.05, 0) is 58.1 Å². The number of nitrogens with zero attached hydrogens (tertiary/aromatic N) is 2. The Morgan fingerprint density at radius 1 is 1.31 bits per heavy atom. The van der Waals surface area contributed by atoms with Crippen LogP contribution in [0.3, 0.4) is 0 Å². The number of carboxylic acids is 1. The average Bonchev–Trinajstić information content (AvgIpc) is 2.57. The largest absolute Gasteiger partial charge is 0.491 e. The Kier molecular flexibility index (Phi) is 6.37. The van der Waals surface area contributed by atoms with Crippen molar-refractivity contribution < 1.29 is 14.6 Å². The fourth-order valence-corrected chi connectivity index (χ4v) is 2.78. The number of pyridine rings is 1. The lowest BCUT2D eigenvalue weighted by Gasteiger charge is -2.15. The Labute approximate surface area is 154 Å². The molecule has 5 heteroatoms. The summed E-state index contributed by atoms with van der Waals surface area (Å²) in [6.07, 6.45) is 6.55. The molecule has 1 N–H and O–H groups in total. The molecule has 2 rings (SSSR count). The van der Waals surface area contributed by atoms with E-state index < -0.39 is 5.97 Å². The van der Waals surface area contributed by atoms with Crippen LogP contribution in [0.4, 0.5) is 0 Å². The van der Waals surface area contributed by atoms with Crippen LogP contribution < -0.4 is 4.74 Å². The van der Waals surface area contributed by atoms with Gasteiger partial charge in [0, 0.05) is 17.7 Å². The molecule has 0 unspecified atom stereocenters. The van der Waals surface area contributed by atoms with Crippen LogP contribution in [0, 0.1) is 26.2 Å². The number of rotatable bonds is 7. The first-order valence-corrected chi connectivity index (χ1v) is 8.43. The molecule has 0 bridgehead atoms. The Morgan fingerprint density at radius 3 is 2.65 bits per heavy atom. The predicted molar refractivity (Wildman–Crippen MR) is 103 cm³/mol. The van der Waals surface area contributed by atoms with E-state index in [-0.39, 0.29) is 5.69 Å². The minimum Gasteiger partial charge on any atom is -0.491 e. The SMILES string of the molecule is C#Cc1c(C)cc(C)cc1-c1nc(C(=O)O)ccc1OCCCN(C)C. The van der Waals surface area contributed by atoms with Gasteiger partial charge in [0.05, 0.1) is 6.61 Å². The van der Waals surface area contributed by atoms with Crippen LogP contribution in [-0.2, 0) is 0 Å². The van der Waals surface area contributed by atoms with Crippen LogP contribution in [-0.4, -0.2) is 48.2 Å². The van der Waals surface area contributed by atoms with Crippen molar-refractivity contribution in [2.75, 3.05) is 27.2 Å². The zero-order valence-corrected chi connectivity index (χ0v) is 15.7. The van der Waals surface area contributed by atoms with Gasteiger partial charge in [0.15, 0.2) is 0 Å². The standard InChI is InChI=1S/C21H24N2O3/c1-6-16-15(3)12-14(2)13-17(16)20-19(26-11-7-10-23(4)5)9-8-18(22-20)21(24)25/h1,8-9,12-13H,7,10-11H2,2-5H3,(H,24,25). The Balaban J connectivity index is 2.50. The number of aromatic nitrogens is 1. The molecule has 5 nitrogen and oxygen atoms in total. The van der Waals surface area contributed by atoms with Crippen molar-refractivity contribution in [1.82, 2.24) is 9.88 Å². The Morgan fingerprint density at radius 2 is 2.04 bits per heavy atom. The van der Waals surface area contributed by atoms with Crippen molar-refractivity contribution in [3.8, 4) is 29.4 Å². The molecule has 0 fully saturated rings. The summed E-state index contributed by atoms with van der Waals surface area (Å²) in [5.74, 6) is 2.15. The maximum Gasteiger partial charge on any atom is 0.354 e. The number of hydrogen-bond donors (Lipinski definition) is 1. The fourth-order valence-electron chi connectivity index (χ4n) is 2.78. The van der Waals surface area contributed by atoms with Gasteiger partial charge in [-0.3, -0.25) is 0 Å². The average molecular weight is 352 g/mol. The number of aromatic carboxylic acids is 1. The first kappa shape index (κ1) is 19.5. The van der Waals surface area contributed by atoms with Crippen molar-refractivity contribution in [3.05, 3.63) is 46.6 Å². The molecule has 1 aromatic carbocycles. The summed E-state index contributed by atoms with van der Waals surface area (Å²) in [5.41, 5.74) is 3.82. The van der Waals surface area contributed by atoms with E-state index in [9.17, 15) is 9.90 Å². The predicted octanol–water partition coefficient (Wildman–Crippen LogP) is 3.38. The quantitative estimate of drug-likeness (QED) is 0.611. The van der Waals surface area contributed by atoms with Crippen molar-refractivity contribution >= 4 is 5.97 Å². The van der Waals surface area contributed by atoms with Crippen LogP contribution in [0.25, 0.3) is 11.3 Å². The molecule has 0 spiro atoms.